The van der Waals surface area contributed by atoms with Crippen LogP contribution in [-0.4, -0.2) is 25.3 Å². The second-order valence-corrected chi connectivity index (χ2v) is 3.79. The lowest BCUT2D eigenvalue weighted by Crippen LogP contribution is -2.11. The summed E-state index contributed by atoms with van der Waals surface area (Å²) in [5, 5.41) is 8.37. The number of hydrogen-bond donors (Lipinski definition) is 2. The van der Waals surface area contributed by atoms with Gasteiger partial charge in [0.05, 0.1) is 0 Å². The number of aromatic amines is 1. The van der Waals surface area contributed by atoms with E-state index in [9.17, 15) is 4.79 Å². The van der Waals surface area contributed by atoms with Crippen LogP contribution in [0.3, 0.4) is 0 Å². The first kappa shape index (κ1) is 9.78. The molecule has 0 spiro atoms. The number of nitrogen functional groups attached to an aromatic ring is 1. The number of thioether (sulfide) groups is 1. The van der Waals surface area contributed by atoms with Gasteiger partial charge in [0.25, 0.3) is 5.56 Å². The number of hydrogen-bond acceptors (Lipinski definition) is 5. The summed E-state index contributed by atoms with van der Waals surface area (Å²) in [7, 11) is 0. The van der Waals surface area contributed by atoms with E-state index in [1.54, 1.807) is 10.5 Å². The molecule has 15 heavy (non-hydrogen) atoms. The Labute approximate surface area is 89.2 Å². The molecule has 2 aromatic heterocycles. The van der Waals surface area contributed by atoms with E-state index in [2.05, 4.69) is 21.8 Å². The van der Waals surface area contributed by atoms with Crippen LogP contribution in [0.5, 0.6) is 0 Å². The van der Waals surface area contributed by atoms with Crippen LogP contribution in [0.1, 0.15) is 0 Å². The molecular weight excluding hydrogens is 214 g/mol. The third-order valence-corrected chi connectivity index (χ3v) is 2.66. The fraction of sp³-hybridized carbons (Fsp3) is 0.125. The number of H-pyrrole nitrogens is 1. The Balaban J connectivity index is 2.58. The molecule has 2 rings (SSSR count). The van der Waals surface area contributed by atoms with E-state index in [-0.39, 0.29) is 5.56 Å². The van der Waals surface area contributed by atoms with Gasteiger partial charge >= 0.3 is 0 Å². The highest BCUT2D eigenvalue weighted by molar-refractivity contribution is 7.99. The van der Waals surface area contributed by atoms with E-state index in [4.69, 9.17) is 5.73 Å². The van der Waals surface area contributed by atoms with Crippen LogP contribution in [0.25, 0.3) is 5.78 Å². The molecule has 2 aromatic rings. The molecule has 0 aliphatic carbocycles. The molecule has 0 amide bonds. The summed E-state index contributed by atoms with van der Waals surface area (Å²) in [5.41, 5.74) is 5.41. The monoisotopic (exact) mass is 223 g/mol. The largest absolute Gasteiger partial charge is 0.385 e. The van der Waals surface area contributed by atoms with Crippen molar-refractivity contribution in [3.05, 3.63) is 29.1 Å². The molecule has 0 radical (unpaired) electrons. The molecule has 2 heterocycles. The van der Waals surface area contributed by atoms with Crippen molar-refractivity contribution in [1.29, 1.82) is 0 Å². The van der Waals surface area contributed by atoms with Gasteiger partial charge in [-0.25, -0.2) is 4.40 Å². The third kappa shape index (κ3) is 1.73. The Bertz CT molecular complexity index is 558. The summed E-state index contributed by atoms with van der Waals surface area (Å²) in [6, 6.07) is 1.30. The zero-order chi connectivity index (χ0) is 10.8. The Hall–Kier alpha value is -1.76. The number of anilines is 1. The van der Waals surface area contributed by atoms with Crippen LogP contribution in [0.4, 0.5) is 5.82 Å². The predicted molar refractivity (Wildman–Crippen MR) is 58.9 cm³/mol. The van der Waals surface area contributed by atoms with Gasteiger partial charge in [-0.15, -0.1) is 16.8 Å². The van der Waals surface area contributed by atoms with Gasteiger partial charge in [-0.1, -0.05) is 17.8 Å². The fourth-order valence-electron chi connectivity index (χ4n) is 1.16. The van der Waals surface area contributed by atoms with E-state index < -0.39 is 0 Å². The lowest BCUT2D eigenvalue weighted by atomic mass is 10.6. The van der Waals surface area contributed by atoms with Crippen LogP contribution in [0, 0.1) is 0 Å². The first-order chi connectivity index (χ1) is 7.22. The third-order valence-electron chi connectivity index (χ3n) is 1.74. The van der Waals surface area contributed by atoms with Crippen LogP contribution in [-0.2, 0) is 0 Å². The van der Waals surface area contributed by atoms with E-state index in [0.717, 1.165) is 0 Å². The standard InChI is InChI=1S/C8H9N5OS/c1-2-3-15-8-12-11-7-10-6(14)4-5(9)13(7)8/h2,4H,1,3,9H2,(H,10,11,14). The van der Waals surface area contributed by atoms with Gasteiger partial charge < -0.3 is 5.73 Å². The molecule has 0 unspecified atom stereocenters. The smallest absolute Gasteiger partial charge is 0.254 e. The highest BCUT2D eigenvalue weighted by atomic mass is 32.2. The summed E-state index contributed by atoms with van der Waals surface area (Å²) < 4.78 is 1.59. The number of rotatable bonds is 3. The second-order valence-electron chi connectivity index (χ2n) is 2.80. The van der Waals surface area contributed by atoms with Crippen molar-refractivity contribution in [2.75, 3.05) is 11.5 Å². The maximum absolute atomic E-state index is 11.1. The summed E-state index contributed by atoms with van der Waals surface area (Å²) in [6.45, 7) is 3.61. The van der Waals surface area contributed by atoms with Gasteiger partial charge in [-0.05, 0) is 0 Å². The van der Waals surface area contributed by atoms with Crippen molar-refractivity contribution in [2.24, 2.45) is 0 Å². The molecule has 3 N–H and O–H groups in total. The average molecular weight is 223 g/mol. The number of nitrogens with two attached hydrogens (primary N) is 1. The maximum atomic E-state index is 11.1. The second kappa shape index (κ2) is 3.77. The maximum Gasteiger partial charge on any atom is 0.254 e. The first-order valence-electron chi connectivity index (χ1n) is 4.20. The van der Waals surface area contributed by atoms with Crippen molar-refractivity contribution in [3.63, 3.8) is 0 Å². The van der Waals surface area contributed by atoms with Crippen molar-refractivity contribution < 1.29 is 0 Å². The molecule has 0 fully saturated rings. The SMILES string of the molecule is C=CCSc1nnc2[nH]c(=O)cc(N)n12. The molecule has 0 atom stereocenters. The van der Waals surface area contributed by atoms with Crippen LogP contribution < -0.4 is 11.3 Å². The molecule has 78 valence electrons. The topological polar surface area (TPSA) is 89.1 Å². The van der Waals surface area contributed by atoms with Crippen molar-refractivity contribution in [3.8, 4) is 0 Å². The normalized spacial score (nSPS) is 10.7. The predicted octanol–water partition coefficient (Wildman–Crippen LogP) is 0.278. The Kier molecular flexibility index (Phi) is 2.46. The van der Waals surface area contributed by atoms with Crippen LogP contribution >= 0.6 is 11.8 Å². The van der Waals surface area contributed by atoms with E-state index >= 15 is 0 Å². The van der Waals surface area contributed by atoms with Crippen molar-refractivity contribution in [2.45, 2.75) is 5.16 Å². The average Bonchev–Trinajstić information content (AvgIpc) is 2.58. The summed E-state index contributed by atoms with van der Waals surface area (Å²) in [6.07, 6.45) is 1.76. The summed E-state index contributed by atoms with van der Waals surface area (Å²) in [5.74, 6) is 1.39. The lowest BCUT2D eigenvalue weighted by Gasteiger charge is -2.00. The number of fused-ring (bicyclic) bond motifs is 1. The minimum Gasteiger partial charge on any atom is -0.385 e. The zero-order valence-electron chi connectivity index (χ0n) is 7.80. The lowest BCUT2D eigenvalue weighted by molar-refractivity contribution is 0.925. The molecule has 0 aliphatic heterocycles. The number of aromatic nitrogens is 4. The van der Waals surface area contributed by atoms with E-state index in [1.165, 1.54) is 17.8 Å². The molecule has 7 heteroatoms. The fourth-order valence-corrected chi connectivity index (χ4v) is 1.84. The van der Waals surface area contributed by atoms with Gasteiger partial charge in [-0.2, -0.15) is 0 Å². The van der Waals surface area contributed by atoms with Gasteiger partial charge in [0.15, 0.2) is 5.16 Å². The van der Waals surface area contributed by atoms with Gasteiger partial charge in [0, 0.05) is 11.8 Å². The quantitative estimate of drug-likeness (QED) is 0.576. The first-order valence-corrected chi connectivity index (χ1v) is 5.18. The molecule has 0 aromatic carbocycles. The van der Waals surface area contributed by atoms with Gasteiger partial charge in [-0.3, -0.25) is 9.78 Å². The minimum atomic E-state index is -0.285. The van der Waals surface area contributed by atoms with E-state index in [0.29, 0.717) is 22.5 Å². The zero-order valence-corrected chi connectivity index (χ0v) is 8.62. The van der Waals surface area contributed by atoms with E-state index in [1.807, 2.05) is 0 Å². The molecule has 0 saturated carbocycles. The van der Waals surface area contributed by atoms with Crippen LogP contribution in [0.15, 0.2) is 28.7 Å². The Morgan fingerprint density at radius 1 is 1.67 bits per heavy atom. The molecule has 0 aliphatic rings. The number of nitrogens with one attached hydrogen (secondary N) is 1. The highest BCUT2D eigenvalue weighted by Gasteiger charge is 2.08. The number of nitrogens with zero attached hydrogens (tertiary/aromatic N) is 3. The van der Waals surface area contributed by atoms with Crippen molar-refractivity contribution in [1.82, 2.24) is 19.6 Å². The molecule has 0 saturated heterocycles. The minimum absolute atomic E-state index is 0.285. The van der Waals surface area contributed by atoms with Crippen LogP contribution in [0.2, 0.25) is 0 Å². The molecule has 6 nitrogen and oxygen atoms in total. The Morgan fingerprint density at radius 3 is 3.20 bits per heavy atom. The summed E-state index contributed by atoms with van der Waals surface area (Å²) >= 11 is 1.45. The van der Waals surface area contributed by atoms with Gasteiger partial charge in [0.2, 0.25) is 5.78 Å². The molecular formula is C8H9N5OS. The summed E-state index contributed by atoms with van der Waals surface area (Å²) in [4.78, 5) is 13.6. The molecule has 0 bridgehead atoms. The Morgan fingerprint density at radius 2 is 2.47 bits per heavy atom. The van der Waals surface area contributed by atoms with Crippen molar-refractivity contribution >= 4 is 23.4 Å². The van der Waals surface area contributed by atoms with Gasteiger partial charge in [0.1, 0.15) is 5.82 Å². The highest BCUT2D eigenvalue weighted by Crippen LogP contribution is 2.17.